The first kappa shape index (κ1) is 13.1. The van der Waals surface area contributed by atoms with E-state index in [2.05, 4.69) is 0 Å². The molecule has 2 aromatic rings. The van der Waals surface area contributed by atoms with Gasteiger partial charge in [-0.05, 0) is 25.1 Å². The van der Waals surface area contributed by atoms with Gasteiger partial charge >= 0.3 is 0 Å². The average molecular weight is 264 g/mol. The number of halogens is 1. The Morgan fingerprint density at radius 1 is 1.42 bits per heavy atom. The lowest BCUT2D eigenvalue weighted by Crippen LogP contribution is -2.21. The van der Waals surface area contributed by atoms with Crippen molar-refractivity contribution in [1.29, 1.82) is 0 Å². The van der Waals surface area contributed by atoms with E-state index >= 15 is 0 Å². The van der Waals surface area contributed by atoms with Crippen LogP contribution in [0.1, 0.15) is 12.7 Å². The van der Waals surface area contributed by atoms with Crippen molar-refractivity contribution >= 4 is 11.4 Å². The molecule has 0 spiro atoms. The number of non-ortho nitro benzene ring substituents is 1. The molecule has 0 fully saturated rings. The van der Waals surface area contributed by atoms with Gasteiger partial charge in [0, 0.05) is 18.3 Å². The van der Waals surface area contributed by atoms with Gasteiger partial charge in [0.1, 0.15) is 11.6 Å². The highest BCUT2D eigenvalue weighted by atomic mass is 19.1. The van der Waals surface area contributed by atoms with Gasteiger partial charge in [-0.2, -0.15) is 0 Å². The van der Waals surface area contributed by atoms with Gasteiger partial charge in [-0.3, -0.25) is 10.1 Å². The molecule has 0 saturated heterocycles. The van der Waals surface area contributed by atoms with E-state index in [-0.39, 0.29) is 5.69 Å². The van der Waals surface area contributed by atoms with E-state index in [9.17, 15) is 14.5 Å². The Bertz CT molecular complexity index is 569. The number of benzene rings is 1. The molecular formula is C13H13FN2O3. The third-order valence-corrected chi connectivity index (χ3v) is 2.75. The molecule has 0 aliphatic heterocycles. The van der Waals surface area contributed by atoms with Crippen LogP contribution in [0.2, 0.25) is 0 Å². The average Bonchev–Trinajstić information content (AvgIpc) is 2.88. The summed E-state index contributed by atoms with van der Waals surface area (Å²) >= 11 is 0. The largest absolute Gasteiger partial charge is 0.467 e. The molecule has 1 heterocycles. The van der Waals surface area contributed by atoms with E-state index in [0.29, 0.717) is 24.5 Å². The Morgan fingerprint density at radius 3 is 2.79 bits per heavy atom. The highest BCUT2D eigenvalue weighted by Crippen LogP contribution is 2.24. The molecular weight excluding hydrogens is 251 g/mol. The van der Waals surface area contributed by atoms with Crippen molar-refractivity contribution < 1.29 is 13.7 Å². The van der Waals surface area contributed by atoms with E-state index in [4.69, 9.17) is 4.42 Å². The van der Waals surface area contributed by atoms with Crippen LogP contribution < -0.4 is 4.90 Å². The quantitative estimate of drug-likeness (QED) is 0.613. The highest BCUT2D eigenvalue weighted by Gasteiger charge is 2.14. The molecule has 1 aromatic carbocycles. The third kappa shape index (κ3) is 3.09. The summed E-state index contributed by atoms with van der Waals surface area (Å²) in [7, 11) is 0. The van der Waals surface area contributed by atoms with Crippen molar-refractivity contribution in [3.8, 4) is 0 Å². The summed E-state index contributed by atoms with van der Waals surface area (Å²) in [5.74, 6) is 0.0934. The molecule has 0 aliphatic carbocycles. The molecule has 6 heteroatoms. The van der Waals surface area contributed by atoms with Crippen LogP contribution in [0.3, 0.4) is 0 Å². The fourth-order valence-electron chi connectivity index (χ4n) is 1.82. The molecule has 0 bridgehead atoms. The van der Waals surface area contributed by atoms with Crippen LogP contribution in [-0.4, -0.2) is 11.5 Å². The summed E-state index contributed by atoms with van der Waals surface area (Å²) in [5, 5.41) is 10.7. The van der Waals surface area contributed by atoms with Crippen LogP contribution in [0.25, 0.3) is 0 Å². The second-order valence-corrected chi connectivity index (χ2v) is 4.02. The second-order valence-electron chi connectivity index (χ2n) is 4.02. The summed E-state index contributed by atoms with van der Waals surface area (Å²) < 4.78 is 18.6. The lowest BCUT2D eigenvalue weighted by Gasteiger charge is -2.21. The number of rotatable bonds is 5. The van der Waals surface area contributed by atoms with Crippen molar-refractivity contribution in [2.75, 3.05) is 11.4 Å². The zero-order valence-electron chi connectivity index (χ0n) is 10.4. The molecule has 0 amide bonds. The standard InChI is InChI=1S/C13H13FN2O3/c1-2-15(9-13-4-3-5-19-13)11-6-10(14)7-12(8-11)16(17)18/h3-8H,2,9H2,1H3. The minimum absolute atomic E-state index is 0.257. The Morgan fingerprint density at radius 2 is 2.21 bits per heavy atom. The molecule has 5 nitrogen and oxygen atoms in total. The Labute approximate surface area is 109 Å². The number of hydrogen-bond acceptors (Lipinski definition) is 4. The minimum atomic E-state index is -0.623. The normalized spacial score (nSPS) is 10.4. The number of furan rings is 1. The van der Waals surface area contributed by atoms with E-state index in [0.717, 1.165) is 6.07 Å². The van der Waals surface area contributed by atoms with E-state index in [1.165, 1.54) is 12.1 Å². The zero-order valence-corrected chi connectivity index (χ0v) is 10.4. The molecule has 19 heavy (non-hydrogen) atoms. The maximum Gasteiger partial charge on any atom is 0.274 e. The predicted molar refractivity (Wildman–Crippen MR) is 68.5 cm³/mol. The number of anilines is 1. The topological polar surface area (TPSA) is 59.5 Å². The van der Waals surface area contributed by atoms with Crippen molar-refractivity contribution in [3.63, 3.8) is 0 Å². The second kappa shape index (κ2) is 5.51. The molecule has 2 rings (SSSR count). The predicted octanol–water partition coefficient (Wildman–Crippen LogP) is 3.35. The lowest BCUT2D eigenvalue weighted by atomic mass is 10.2. The highest BCUT2D eigenvalue weighted by molar-refractivity contribution is 5.53. The molecule has 0 atom stereocenters. The SMILES string of the molecule is CCN(Cc1ccco1)c1cc(F)cc([N+](=O)[O-])c1. The Kier molecular flexibility index (Phi) is 3.79. The minimum Gasteiger partial charge on any atom is -0.467 e. The van der Waals surface area contributed by atoms with Crippen molar-refractivity contribution in [2.45, 2.75) is 13.5 Å². The molecule has 0 N–H and O–H groups in total. The van der Waals surface area contributed by atoms with Gasteiger partial charge in [0.05, 0.1) is 23.8 Å². The molecule has 0 aliphatic rings. The molecule has 0 unspecified atom stereocenters. The number of nitro groups is 1. The first-order chi connectivity index (χ1) is 9.10. The summed E-state index contributed by atoms with van der Waals surface area (Å²) in [6.07, 6.45) is 1.55. The molecule has 1 aromatic heterocycles. The van der Waals surface area contributed by atoms with Crippen LogP contribution in [0.4, 0.5) is 15.8 Å². The number of nitro benzene ring substituents is 1. The van der Waals surface area contributed by atoms with Gasteiger partial charge in [-0.1, -0.05) is 0 Å². The summed E-state index contributed by atoms with van der Waals surface area (Å²) in [6.45, 7) is 2.91. The van der Waals surface area contributed by atoms with Gasteiger partial charge in [0.15, 0.2) is 0 Å². The lowest BCUT2D eigenvalue weighted by molar-refractivity contribution is -0.385. The van der Waals surface area contributed by atoms with E-state index < -0.39 is 10.7 Å². The van der Waals surface area contributed by atoms with Gasteiger partial charge in [0.25, 0.3) is 5.69 Å². The monoisotopic (exact) mass is 264 g/mol. The van der Waals surface area contributed by atoms with Crippen LogP contribution in [0.15, 0.2) is 41.0 Å². The first-order valence-corrected chi connectivity index (χ1v) is 5.82. The van der Waals surface area contributed by atoms with Crippen LogP contribution in [-0.2, 0) is 6.54 Å². The number of hydrogen-bond donors (Lipinski definition) is 0. The summed E-state index contributed by atoms with van der Waals surface area (Å²) in [6, 6.07) is 7.10. The van der Waals surface area contributed by atoms with Crippen LogP contribution >= 0.6 is 0 Å². The Hall–Kier alpha value is -2.37. The van der Waals surface area contributed by atoms with Crippen LogP contribution in [0.5, 0.6) is 0 Å². The Balaban J connectivity index is 2.29. The first-order valence-electron chi connectivity index (χ1n) is 5.82. The fourth-order valence-corrected chi connectivity index (χ4v) is 1.82. The van der Waals surface area contributed by atoms with Crippen molar-refractivity contribution in [2.24, 2.45) is 0 Å². The zero-order chi connectivity index (χ0) is 13.8. The van der Waals surface area contributed by atoms with Crippen LogP contribution in [0, 0.1) is 15.9 Å². The van der Waals surface area contributed by atoms with Gasteiger partial charge in [0.2, 0.25) is 0 Å². The summed E-state index contributed by atoms with van der Waals surface area (Å²) in [5.41, 5.74) is 0.207. The third-order valence-electron chi connectivity index (χ3n) is 2.75. The maximum atomic E-state index is 13.4. The van der Waals surface area contributed by atoms with Gasteiger partial charge < -0.3 is 9.32 Å². The summed E-state index contributed by atoms with van der Waals surface area (Å²) in [4.78, 5) is 11.9. The smallest absolute Gasteiger partial charge is 0.274 e. The molecule has 100 valence electrons. The van der Waals surface area contributed by atoms with E-state index in [1.807, 2.05) is 6.92 Å². The van der Waals surface area contributed by atoms with Crippen molar-refractivity contribution in [3.05, 3.63) is 58.3 Å². The molecule has 0 saturated carbocycles. The maximum absolute atomic E-state index is 13.4. The van der Waals surface area contributed by atoms with Crippen molar-refractivity contribution in [1.82, 2.24) is 0 Å². The fraction of sp³-hybridized carbons (Fsp3) is 0.231. The number of nitrogens with zero attached hydrogens (tertiary/aromatic N) is 2. The van der Waals surface area contributed by atoms with Gasteiger partial charge in [-0.25, -0.2) is 4.39 Å². The van der Waals surface area contributed by atoms with Gasteiger partial charge in [-0.15, -0.1) is 0 Å². The van der Waals surface area contributed by atoms with E-state index in [1.54, 1.807) is 23.3 Å². The molecule has 0 radical (unpaired) electrons.